The molecule has 5 rings (SSSR count). The van der Waals surface area contributed by atoms with Crippen molar-refractivity contribution in [2.24, 2.45) is 0 Å². The van der Waals surface area contributed by atoms with Gasteiger partial charge in [-0.1, -0.05) is 6.07 Å². The molecule has 0 atom stereocenters. The number of fused-ring (bicyclic) bond motifs is 1. The van der Waals surface area contributed by atoms with E-state index in [1.54, 1.807) is 4.90 Å². The average Bonchev–Trinajstić information content (AvgIpc) is 3.08. The van der Waals surface area contributed by atoms with Gasteiger partial charge in [0.25, 0.3) is 5.56 Å². The van der Waals surface area contributed by atoms with E-state index in [-0.39, 0.29) is 40.4 Å². The Hall–Kier alpha value is -3.72. The Bertz CT molecular complexity index is 1310. The number of halogens is 1. The van der Waals surface area contributed by atoms with Crippen molar-refractivity contribution in [2.45, 2.75) is 0 Å². The maximum Gasteiger partial charge on any atom is 0.259 e. The molecule has 8 nitrogen and oxygen atoms in total. The lowest BCUT2D eigenvalue weighted by Gasteiger charge is -2.34. The van der Waals surface area contributed by atoms with Crippen LogP contribution < -0.4 is 15.4 Å². The van der Waals surface area contributed by atoms with Gasteiger partial charge < -0.3 is 24.8 Å². The van der Waals surface area contributed by atoms with Crippen molar-refractivity contribution in [1.82, 2.24) is 14.9 Å². The molecule has 1 saturated heterocycles. The van der Waals surface area contributed by atoms with Crippen molar-refractivity contribution < 1.29 is 9.50 Å². The van der Waals surface area contributed by atoms with Crippen LogP contribution in [0.15, 0.2) is 53.0 Å². The van der Waals surface area contributed by atoms with Gasteiger partial charge in [0.15, 0.2) is 0 Å². The quantitative estimate of drug-likeness (QED) is 0.586. The second-order valence-corrected chi connectivity index (χ2v) is 8.14. The Kier molecular flexibility index (Phi) is 4.90. The van der Waals surface area contributed by atoms with E-state index in [4.69, 9.17) is 5.41 Å². The third kappa shape index (κ3) is 3.50. The summed E-state index contributed by atoms with van der Waals surface area (Å²) in [5, 5.41) is 19.6. The van der Waals surface area contributed by atoms with Crippen LogP contribution in [0.25, 0.3) is 16.5 Å². The summed E-state index contributed by atoms with van der Waals surface area (Å²) >= 11 is 0. The Morgan fingerprint density at radius 1 is 1.09 bits per heavy atom. The molecule has 3 N–H and O–H groups in total. The maximum absolute atomic E-state index is 13.7. The fraction of sp³-hybridized carbons (Fsp3) is 0.261. The number of aromatic nitrogens is 2. The number of likely N-dealkylation sites (N-methyl/N-ethyl adjacent to an activating group) is 1. The number of anilines is 2. The molecule has 0 spiro atoms. The first kappa shape index (κ1) is 20.2. The van der Waals surface area contributed by atoms with Crippen LogP contribution in [0.1, 0.15) is 5.82 Å². The van der Waals surface area contributed by atoms with Crippen LogP contribution >= 0.6 is 0 Å². The normalized spacial score (nSPS) is 17.6. The monoisotopic (exact) mass is 434 g/mol. The molecular weight excluding hydrogens is 411 g/mol. The molecule has 2 aromatic carbocycles. The number of rotatable bonds is 3. The van der Waals surface area contributed by atoms with Crippen molar-refractivity contribution in [2.75, 3.05) is 49.6 Å². The van der Waals surface area contributed by atoms with Crippen LogP contribution in [0, 0.1) is 11.2 Å². The lowest BCUT2D eigenvalue weighted by molar-refractivity contribution is 0.313. The second kappa shape index (κ2) is 7.76. The molecule has 0 bridgehead atoms. The van der Waals surface area contributed by atoms with Crippen LogP contribution in [0.3, 0.4) is 0 Å². The van der Waals surface area contributed by atoms with E-state index in [0.29, 0.717) is 0 Å². The number of nitrogens with zero attached hydrogens (tertiary/aromatic N) is 4. The van der Waals surface area contributed by atoms with Gasteiger partial charge >= 0.3 is 0 Å². The molecular formula is C23H23FN6O2. The SMILES string of the molecule is CN1CCN(c2cccc(N3CC(O)=C(c4nc5cc(F)ccc5c(=O)[nH]4)C3=N)c2)CC1. The van der Waals surface area contributed by atoms with Gasteiger partial charge in [-0.05, 0) is 37.4 Å². The minimum absolute atomic E-state index is 0.0249. The number of nitrogens with one attached hydrogen (secondary N) is 2. The predicted molar refractivity (Wildman–Crippen MR) is 123 cm³/mol. The highest BCUT2D eigenvalue weighted by atomic mass is 19.1. The van der Waals surface area contributed by atoms with E-state index in [1.807, 2.05) is 24.3 Å². The number of piperazine rings is 1. The molecule has 32 heavy (non-hydrogen) atoms. The molecule has 1 fully saturated rings. The number of hydrogen-bond acceptors (Lipinski definition) is 6. The van der Waals surface area contributed by atoms with Crippen molar-refractivity contribution in [1.29, 1.82) is 5.41 Å². The van der Waals surface area contributed by atoms with E-state index in [1.165, 1.54) is 18.2 Å². The average molecular weight is 434 g/mol. The molecule has 0 unspecified atom stereocenters. The van der Waals surface area contributed by atoms with Gasteiger partial charge in [0.2, 0.25) is 0 Å². The van der Waals surface area contributed by atoms with Gasteiger partial charge in [-0.15, -0.1) is 0 Å². The van der Waals surface area contributed by atoms with Crippen molar-refractivity contribution in [3.63, 3.8) is 0 Å². The third-order valence-corrected chi connectivity index (χ3v) is 6.02. The smallest absolute Gasteiger partial charge is 0.259 e. The lowest BCUT2D eigenvalue weighted by atomic mass is 10.2. The van der Waals surface area contributed by atoms with E-state index in [0.717, 1.165) is 37.6 Å². The number of amidine groups is 1. The molecule has 164 valence electrons. The summed E-state index contributed by atoms with van der Waals surface area (Å²) in [5.74, 6) is -0.507. The van der Waals surface area contributed by atoms with Gasteiger partial charge in [-0.2, -0.15) is 0 Å². The van der Waals surface area contributed by atoms with E-state index < -0.39 is 11.4 Å². The molecule has 3 aromatic rings. The fourth-order valence-electron chi connectivity index (χ4n) is 4.20. The molecule has 1 aromatic heterocycles. The van der Waals surface area contributed by atoms with Gasteiger partial charge in [0.05, 0.1) is 23.0 Å². The highest BCUT2D eigenvalue weighted by molar-refractivity contribution is 6.30. The van der Waals surface area contributed by atoms with Gasteiger partial charge in [0, 0.05) is 43.6 Å². The number of aliphatic hydroxyl groups excluding tert-OH is 1. The summed E-state index contributed by atoms with van der Waals surface area (Å²) in [7, 11) is 2.11. The highest BCUT2D eigenvalue weighted by Crippen LogP contribution is 2.32. The molecule has 2 aliphatic rings. The summed E-state index contributed by atoms with van der Waals surface area (Å²) in [4.78, 5) is 25.6. The van der Waals surface area contributed by atoms with Crippen molar-refractivity contribution >= 4 is 33.7 Å². The van der Waals surface area contributed by atoms with Crippen LogP contribution in [-0.4, -0.2) is 65.6 Å². The van der Waals surface area contributed by atoms with E-state index in [2.05, 4.69) is 26.8 Å². The van der Waals surface area contributed by atoms with Gasteiger partial charge in [0.1, 0.15) is 23.2 Å². The fourth-order valence-corrected chi connectivity index (χ4v) is 4.20. The molecule has 0 radical (unpaired) electrons. The van der Waals surface area contributed by atoms with E-state index in [9.17, 15) is 14.3 Å². The van der Waals surface area contributed by atoms with Crippen LogP contribution in [0.2, 0.25) is 0 Å². The summed E-state index contributed by atoms with van der Waals surface area (Å²) in [6, 6.07) is 11.6. The highest BCUT2D eigenvalue weighted by Gasteiger charge is 2.31. The summed E-state index contributed by atoms with van der Waals surface area (Å²) < 4.78 is 13.7. The van der Waals surface area contributed by atoms with Crippen molar-refractivity contribution in [3.8, 4) is 0 Å². The first-order valence-electron chi connectivity index (χ1n) is 10.4. The molecule has 0 saturated carbocycles. The first-order valence-corrected chi connectivity index (χ1v) is 10.4. The summed E-state index contributed by atoms with van der Waals surface area (Å²) in [6.07, 6.45) is 0. The zero-order valence-corrected chi connectivity index (χ0v) is 17.6. The summed E-state index contributed by atoms with van der Waals surface area (Å²) in [6.45, 7) is 3.90. The molecule has 9 heteroatoms. The number of aliphatic hydroxyl groups is 1. The minimum atomic E-state index is -0.511. The molecule has 0 amide bonds. The predicted octanol–water partition coefficient (Wildman–Crippen LogP) is 2.58. The standard InChI is InChI=1S/C23H23FN6O2/c1-28-7-9-29(10-8-28)15-3-2-4-16(12-15)30-13-19(31)20(21(30)25)22-26-18-11-14(24)5-6-17(18)23(32)27-22/h2-6,11-12,25,31H,7-10,13H2,1H3,(H,26,27,32). The zero-order chi connectivity index (χ0) is 22.4. The minimum Gasteiger partial charge on any atom is -0.509 e. The molecule has 2 aliphatic heterocycles. The lowest BCUT2D eigenvalue weighted by Crippen LogP contribution is -2.44. The Balaban J connectivity index is 1.46. The maximum atomic E-state index is 13.7. The van der Waals surface area contributed by atoms with Gasteiger partial charge in [-0.25, -0.2) is 9.37 Å². The van der Waals surface area contributed by atoms with Crippen LogP contribution in [0.5, 0.6) is 0 Å². The first-order chi connectivity index (χ1) is 15.4. The number of aromatic amines is 1. The number of benzene rings is 2. The zero-order valence-electron chi connectivity index (χ0n) is 17.6. The number of hydrogen-bond donors (Lipinski definition) is 3. The van der Waals surface area contributed by atoms with Crippen LogP contribution in [0.4, 0.5) is 15.8 Å². The summed E-state index contributed by atoms with van der Waals surface area (Å²) in [5.41, 5.74) is 1.69. The topological polar surface area (TPSA) is 99.6 Å². The number of H-pyrrole nitrogens is 1. The molecule has 0 aliphatic carbocycles. The third-order valence-electron chi connectivity index (χ3n) is 6.02. The second-order valence-electron chi connectivity index (χ2n) is 8.14. The molecule has 3 heterocycles. The Morgan fingerprint density at radius 3 is 2.62 bits per heavy atom. The van der Waals surface area contributed by atoms with Crippen molar-refractivity contribution in [3.05, 3.63) is 70.2 Å². The largest absolute Gasteiger partial charge is 0.509 e. The Labute approximate surface area is 183 Å². The Morgan fingerprint density at radius 2 is 1.84 bits per heavy atom. The van der Waals surface area contributed by atoms with Gasteiger partial charge in [-0.3, -0.25) is 10.2 Å². The van der Waals surface area contributed by atoms with E-state index >= 15 is 0 Å². The van der Waals surface area contributed by atoms with Crippen LogP contribution in [-0.2, 0) is 0 Å².